The van der Waals surface area contributed by atoms with E-state index in [4.69, 9.17) is 4.74 Å². The van der Waals surface area contributed by atoms with Crippen LogP contribution in [-0.4, -0.2) is 12.6 Å². The molecule has 0 heterocycles. The Kier molecular flexibility index (Phi) is 33.1. The third kappa shape index (κ3) is 33.6. The minimum Gasteiger partial charge on any atom is -0.462 e. The van der Waals surface area contributed by atoms with Crippen molar-refractivity contribution in [3.8, 4) is 0 Å². The van der Waals surface area contributed by atoms with Crippen molar-refractivity contribution >= 4 is 5.97 Å². The average molecular weight is 577 g/mol. The Morgan fingerprint density at radius 2 is 0.805 bits per heavy atom. The Hall–Kier alpha value is -0.790. The second-order valence-electron chi connectivity index (χ2n) is 13.6. The molecule has 2 nitrogen and oxygen atoms in total. The quantitative estimate of drug-likeness (QED) is 0.0432. The molecule has 0 aliphatic heterocycles. The van der Waals surface area contributed by atoms with Gasteiger partial charge in [-0.1, -0.05) is 207 Å². The molecule has 0 spiro atoms. The molecule has 41 heavy (non-hydrogen) atoms. The molecule has 0 aliphatic rings. The van der Waals surface area contributed by atoms with Gasteiger partial charge in [0.1, 0.15) is 0 Å². The van der Waals surface area contributed by atoms with Gasteiger partial charge in [0.05, 0.1) is 6.61 Å². The van der Waals surface area contributed by atoms with Crippen molar-refractivity contribution in [1.82, 2.24) is 0 Å². The van der Waals surface area contributed by atoms with Crippen LogP contribution in [0.1, 0.15) is 220 Å². The molecule has 0 unspecified atom stereocenters. The van der Waals surface area contributed by atoms with E-state index in [1.54, 1.807) is 0 Å². The van der Waals surface area contributed by atoms with Crippen LogP contribution in [0.15, 0.2) is 12.2 Å². The fraction of sp³-hybridized carbons (Fsp3) is 0.923. The summed E-state index contributed by atoms with van der Waals surface area (Å²) in [7, 11) is 0. The highest BCUT2D eigenvalue weighted by Crippen LogP contribution is 2.17. The Bertz CT molecular complexity index is 538. The van der Waals surface area contributed by atoms with E-state index in [0.717, 1.165) is 25.2 Å². The predicted octanol–water partition coefficient (Wildman–Crippen LogP) is 13.9. The molecule has 0 aromatic heterocycles. The number of esters is 1. The van der Waals surface area contributed by atoms with Crippen LogP contribution in [-0.2, 0) is 9.53 Å². The topological polar surface area (TPSA) is 26.3 Å². The summed E-state index contributed by atoms with van der Waals surface area (Å²) in [6.45, 7) is 11.5. The summed E-state index contributed by atoms with van der Waals surface area (Å²) in [5, 5.41) is 0. The normalized spacial score (nSPS) is 11.4. The molecule has 2 heteroatoms. The molecule has 0 aliphatic carbocycles. The Labute approximate surface area is 259 Å². The summed E-state index contributed by atoms with van der Waals surface area (Å²) in [5.74, 6) is 0.708. The zero-order chi connectivity index (χ0) is 30.1. The first-order chi connectivity index (χ1) is 20.1. The lowest BCUT2D eigenvalue weighted by Gasteiger charge is -2.08. The third-order valence-electron chi connectivity index (χ3n) is 8.78. The van der Waals surface area contributed by atoms with E-state index < -0.39 is 0 Å². The zero-order valence-corrected chi connectivity index (χ0v) is 28.7. The predicted molar refractivity (Wildman–Crippen MR) is 184 cm³/mol. The van der Waals surface area contributed by atoms with E-state index in [0.29, 0.717) is 12.2 Å². The van der Waals surface area contributed by atoms with Gasteiger partial charge in [-0.05, 0) is 25.2 Å². The van der Waals surface area contributed by atoms with Gasteiger partial charge in [0.25, 0.3) is 0 Å². The maximum atomic E-state index is 12.2. The van der Waals surface area contributed by atoms with Gasteiger partial charge in [0.15, 0.2) is 0 Å². The molecule has 0 aromatic rings. The van der Waals surface area contributed by atoms with Gasteiger partial charge in [-0.15, -0.1) is 0 Å². The van der Waals surface area contributed by atoms with Crippen LogP contribution in [0.5, 0.6) is 0 Å². The number of carbonyl (C=O) groups is 1. The molecule has 0 aromatic carbocycles. The lowest BCUT2D eigenvalue weighted by molar-refractivity contribution is -0.139. The van der Waals surface area contributed by atoms with E-state index in [2.05, 4.69) is 27.4 Å². The summed E-state index contributed by atoms with van der Waals surface area (Å²) in [4.78, 5) is 12.2. The largest absolute Gasteiger partial charge is 0.462 e. The molecule has 0 bridgehead atoms. The lowest BCUT2D eigenvalue weighted by atomic mass is 10.0. The van der Waals surface area contributed by atoms with Crippen molar-refractivity contribution in [2.75, 3.05) is 6.61 Å². The van der Waals surface area contributed by atoms with E-state index >= 15 is 0 Å². The summed E-state index contributed by atoms with van der Waals surface area (Å²) in [6.07, 6.45) is 41.7. The van der Waals surface area contributed by atoms with Crippen LogP contribution < -0.4 is 0 Å². The first-order valence-electron chi connectivity index (χ1n) is 18.9. The van der Waals surface area contributed by atoms with Crippen molar-refractivity contribution < 1.29 is 9.53 Å². The van der Waals surface area contributed by atoms with Crippen LogP contribution in [0.3, 0.4) is 0 Å². The monoisotopic (exact) mass is 577 g/mol. The Morgan fingerprint density at radius 1 is 0.488 bits per heavy atom. The number of rotatable bonds is 34. The van der Waals surface area contributed by atoms with E-state index in [9.17, 15) is 4.79 Å². The van der Waals surface area contributed by atoms with Crippen LogP contribution in [0.4, 0.5) is 0 Å². The summed E-state index contributed by atoms with van der Waals surface area (Å²) < 4.78 is 5.46. The van der Waals surface area contributed by atoms with Crippen molar-refractivity contribution in [3.63, 3.8) is 0 Å². The lowest BCUT2D eigenvalue weighted by Crippen LogP contribution is -2.08. The fourth-order valence-electron chi connectivity index (χ4n) is 5.85. The standard InChI is InChI=1S/C39H76O2/c1-5-6-7-8-9-10-11-12-13-14-18-21-24-27-30-33-36-41-39(40)38(4)35-32-29-26-23-20-17-15-16-19-22-25-28-31-34-37(2)3/h37H,4-36H2,1-3H3. The molecular weight excluding hydrogens is 500 g/mol. The van der Waals surface area contributed by atoms with Gasteiger partial charge in [-0.25, -0.2) is 4.79 Å². The number of hydrogen-bond donors (Lipinski definition) is 0. The summed E-state index contributed by atoms with van der Waals surface area (Å²) in [5.41, 5.74) is 0.672. The van der Waals surface area contributed by atoms with Crippen molar-refractivity contribution in [1.29, 1.82) is 0 Å². The van der Waals surface area contributed by atoms with Crippen LogP contribution >= 0.6 is 0 Å². The average Bonchev–Trinajstić information content (AvgIpc) is 2.96. The molecule has 244 valence electrons. The third-order valence-corrected chi connectivity index (χ3v) is 8.78. The SMILES string of the molecule is C=C(CCCCCCCCCCCCCCCC(C)C)C(=O)OCCCCCCCCCCCCCCCCCC. The molecule has 0 amide bonds. The molecule has 0 saturated carbocycles. The van der Waals surface area contributed by atoms with Crippen molar-refractivity contribution in [2.24, 2.45) is 5.92 Å². The molecular formula is C39H76O2. The summed E-state index contributed by atoms with van der Waals surface area (Å²) >= 11 is 0. The summed E-state index contributed by atoms with van der Waals surface area (Å²) in [6, 6.07) is 0. The first-order valence-corrected chi connectivity index (χ1v) is 18.9. The van der Waals surface area contributed by atoms with Gasteiger partial charge in [-0.2, -0.15) is 0 Å². The molecule has 0 rings (SSSR count). The van der Waals surface area contributed by atoms with Crippen molar-refractivity contribution in [3.05, 3.63) is 12.2 Å². The van der Waals surface area contributed by atoms with Crippen molar-refractivity contribution in [2.45, 2.75) is 220 Å². The maximum absolute atomic E-state index is 12.2. The molecule has 0 saturated heterocycles. The number of unbranched alkanes of at least 4 members (excludes halogenated alkanes) is 27. The van der Waals surface area contributed by atoms with E-state index in [1.165, 1.54) is 180 Å². The second kappa shape index (κ2) is 33.7. The molecule has 0 radical (unpaired) electrons. The highest BCUT2D eigenvalue weighted by atomic mass is 16.5. The van der Waals surface area contributed by atoms with Crippen LogP contribution in [0, 0.1) is 5.92 Å². The van der Waals surface area contributed by atoms with Gasteiger partial charge in [-0.3, -0.25) is 0 Å². The Morgan fingerprint density at radius 3 is 1.17 bits per heavy atom. The number of hydrogen-bond acceptors (Lipinski definition) is 2. The Balaban J connectivity index is 3.28. The highest BCUT2D eigenvalue weighted by Gasteiger charge is 2.08. The van der Waals surface area contributed by atoms with Gasteiger partial charge < -0.3 is 4.74 Å². The van der Waals surface area contributed by atoms with E-state index in [-0.39, 0.29) is 5.97 Å². The molecule has 0 atom stereocenters. The minimum absolute atomic E-state index is 0.161. The maximum Gasteiger partial charge on any atom is 0.333 e. The molecule has 0 N–H and O–H groups in total. The van der Waals surface area contributed by atoms with E-state index in [1.807, 2.05) is 0 Å². The smallest absolute Gasteiger partial charge is 0.333 e. The number of carbonyl (C=O) groups excluding carboxylic acids is 1. The first kappa shape index (κ1) is 40.2. The molecule has 0 fully saturated rings. The van der Waals surface area contributed by atoms with Gasteiger partial charge in [0.2, 0.25) is 0 Å². The number of ether oxygens (including phenoxy) is 1. The zero-order valence-electron chi connectivity index (χ0n) is 28.7. The second-order valence-corrected chi connectivity index (χ2v) is 13.6. The highest BCUT2D eigenvalue weighted by molar-refractivity contribution is 5.87. The van der Waals surface area contributed by atoms with Gasteiger partial charge in [0, 0.05) is 5.57 Å². The minimum atomic E-state index is -0.161. The van der Waals surface area contributed by atoms with Crippen LogP contribution in [0.2, 0.25) is 0 Å². The van der Waals surface area contributed by atoms with Crippen LogP contribution in [0.25, 0.3) is 0 Å². The van der Waals surface area contributed by atoms with Gasteiger partial charge >= 0.3 is 5.97 Å². The fourth-order valence-corrected chi connectivity index (χ4v) is 5.85.